The zero-order valence-corrected chi connectivity index (χ0v) is 22.5. The fourth-order valence-corrected chi connectivity index (χ4v) is 5.78. The van der Waals surface area contributed by atoms with Crippen LogP contribution in [0.3, 0.4) is 0 Å². The number of sulfonamides is 1. The van der Waals surface area contributed by atoms with Gasteiger partial charge in [0.2, 0.25) is 10.0 Å². The third-order valence-corrected chi connectivity index (χ3v) is 8.22. The van der Waals surface area contributed by atoms with E-state index in [1.54, 1.807) is 28.6 Å². The number of halogens is 2. The molecule has 0 N–H and O–H groups in total. The molecule has 0 radical (unpaired) electrons. The van der Waals surface area contributed by atoms with Gasteiger partial charge in [-0.05, 0) is 69.1 Å². The van der Waals surface area contributed by atoms with E-state index in [4.69, 9.17) is 16.3 Å². The van der Waals surface area contributed by atoms with Crippen LogP contribution in [0.5, 0.6) is 5.75 Å². The minimum Gasteiger partial charge on any atom is -0.493 e. The molecule has 8 heteroatoms. The van der Waals surface area contributed by atoms with Crippen LogP contribution in [0, 0.1) is 0 Å². The van der Waals surface area contributed by atoms with Crippen LogP contribution in [-0.2, 0) is 16.6 Å². The molecule has 0 amide bonds. The highest BCUT2D eigenvalue weighted by Gasteiger charge is 2.25. The van der Waals surface area contributed by atoms with Gasteiger partial charge in [0.1, 0.15) is 5.75 Å². The number of nitrogens with zero attached hydrogens (tertiary/aromatic N) is 2. The highest BCUT2D eigenvalue weighted by molar-refractivity contribution is 7.89. The highest BCUT2D eigenvalue weighted by atomic mass is 35.5. The van der Waals surface area contributed by atoms with Crippen LogP contribution >= 0.6 is 24.0 Å². The molecule has 1 fully saturated rings. The van der Waals surface area contributed by atoms with Crippen molar-refractivity contribution in [1.82, 2.24) is 9.21 Å². The monoisotopic (exact) mass is 528 g/mol. The first kappa shape index (κ1) is 28.9. The quantitative estimate of drug-likeness (QED) is 0.282. The van der Waals surface area contributed by atoms with Crippen LogP contribution in [-0.4, -0.2) is 50.4 Å². The summed E-state index contributed by atoms with van der Waals surface area (Å²) in [7, 11) is -3.64. The average Bonchev–Trinajstić information content (AvgIpc) is 2.83. The van der Waals surface area contributed by atoms with Gasteiger partial charge in [-0.2, -0.15) is 4.31 Å². The number of piperidine rings is 1. The summed E-state index contributed by atoms with van der Waals surface area (Å²) in [6, 6.07) is 14.2. The van der Waals surface area contributed by atoms with Crippen molar-refractivity contribution in [3.8, 4) is 5.75 Å². The molecule has 1 heterocycles. The molecule has 190 valence electrons. The van der Waals surface area contributed by atoms with E-state index in [0.717, 1.165) is 43.5 Å². The molecule has 2 aromatic carbocycles. The maximum absolute atomic E-state index is 13.4. The summed E-state index contributed by atoms with van der Waals surface area (Å²) in [5.74, 6) is 0.767. The number of unbranched alkanes of at least 4 members (excludes halogenated alkanes) is 2. The molecule has 0 bridgehead atoms. The van der Waals surface area contributed by atoms with Gasteiger partial charge in [0.05, 0.1) is 11.5 Å². The predicted molar refractivity (Wildman–Crippen MR) is 143 cm³/mol. The number of likely N-dealkylation sites (tertiary alicyclic amines) is 1. The molecular weight excluding hydrogens is 491 g/mol. The fourth-order valence-electron chi connectivity index (χ4n) is 4.20. The number of benzene rings is 2. The fraction of sp³-hybridized carbons (Fsp3) is 0.538. The minimum atomic E-state index is -3.64. The summed E-state index contributed by atoms with van der Waals surface area (Å²) in [5, 5.41) is 0.523. The number of para-hydroxylation sites is 1. The first-order valence-electron chi connectivity index (χ1n) is 12.2. The van der Waals surface area contributed by atoms with E-state index in [9.17, 15) is 8.42 Å². The van der Waals surface area contributed by atoms with Crippen LogP contribution in [0.1, 0.15) is 57.4 Å². The zero-order chi connectivity index (χ0) is 23.5. The maximum Gasteiger partial charge on any atom is 0.243 e. The Morgan fingerprint density at radius 3 is 2.38 bits per heavy atom. The van der Waals surface area contributed by atoms with E-state index in [2.05, 4.69) is 11.8 Å². The summed E-state index contributed by atoms with van der Waals surface area (Å²) in [5.41, 5.74) is 0.893. The van der Waals surface area contributed by atoms with Gasteiger partial charge in [-0.1, -0.05) is 56.0 Å². The highest BCUT2D eigenvalue weighted by Crippen LogP contribution is 2.25. The molecule has 5 nitrogen and oxygen atoms in total. The van der Waals surface area contributed by atoms with Crippen LogP contribution in [0.4, 0.5) is 0 Å². The van der Waals surface area contributed by atoms with Gasteiger partial charge in [0.25, 0.3) is 0 Å². The maximum atomic E-state index is 13.4. The number of rotatable bonds is 13. The zero-order valence-electron chi connectivity index (χ0n) is 20.1. The number of ether oxygens (including phenoxy) is 1. The first-order valence-corrected chi connectivity index (χ1v) is 14.0. The van der Waals surface area contributed by atoms with Gasteiger partial charge in [-0.25, -0.2) is 8.42 Å². The molecule has 1 saturated heterocycles. The Morgan fingerprint density at radius 1 is 0.971 bits per heavy atom. The van der Waals surface area contributed by atoms with Gasteiger partial charge in [0, 0.05) is 30.2 Å². The smallest absolute Gasteiger partial charge is 0.243 e. The van der Waals surface area contributed by atoms with Gasteiger partial charge in [-0.3, -0.25) is 0 Å². The largest absolute Gasteiger partial charge is 0.493 e. The summed E-state index contributed by atoms with van der Waals surface area (Å²) in [6.45, 7) is 6.94. The lowest BCUT2D eigenvalue weighted by Gasteiger charge is -2.26. The van der Waals surface area contributed by atoms with Crippen molar-refractivity contribution >= 4 is 34.0 Å². The van der Waals surface area contributed by atoms with Gasteiger partial charge in [0.15, 0.2) is 0 Å². The summed E-state index contributed by atoms with van der Waals surface area (Å²) < 4.78 is 34.5. The standard InChI is InChI=1S/C26H37ClN2O3S.ClH/c1-2-3-7-20-29(33(30,31)25-15-13-24(27)14-16-25)22-23-11-5-6-12-26(23)32-21-10-19-28-17-8-4-9-18-28;/h5-6,11-16H,2-4,7-10,17-22H2,1H3;1H. The van der Waals surface area contributed by atoms with Crippen molar-refractivity contribution < 1.29 is 13.2 Å². The Bertz CT molecular complexity index is 949. The van der Waals surface area contributed by atoms with Crippen LogP contribution in [0.2, 0.25) is 5.02 Å². The first-order chi connectivity index (χ1) is 16.0. The molecule has 0 spiro atoms. The Balaban J connectivity index is 0.00000408. The second kappa shape index (κ2) is 14.9. The molecule has 1 aliphatic rings. The van der Waals surface area contributed by atoms with E-state index in [-0.39, 0.29) is 23.8 Å². The molecule has 0 atom stereocenters. The van der Waals surface area contributed by atoms with E-state index < -0.39 is 10.0 Å². The van der Waals surface area contributed by atoms with E-state index in [1.807, 2.05) is 24.3 Å². The van der Waals surface area contributed by atoms with Crippen molar-refractivity contribution in [2.75, 3.05) is 32.8 Å². The molecule has 34 heavy (non-hydrogen) atoms. The second-order valence-corrected chi connectivity index (χ2v) is 11.1. The molecule has 0 aromatic heterocycles. The lowest BCUT2D eigenvalue weighted by molar-refractivity contribution is 0.204. The van der Waals surface area contributed by atoms with Crippen molar-refractivity contribution in [3.63, 3.8) is 0 Å². The minimum absolute atomic E-state index is 0. The summed E-state index contributed by atoms with van der Waals surface area (Å²) in [6.07, 6.45) is 7.74. The molecule has 0 aliphatic carbocycles. The van der Waals surface area contributed by atoms with Crippen LogP contribution in [0.15, 0.2) is 53.4 Å². The van der Waals surface area contributed by atoms with Crippen molar-refractivity contribution in [2.45, 2.75) is 63.3 Å². The number of hydrogen-bond acceptors (Lipinski definition) is 4. The molecule has 3 rings (SSSR count). The summed E-state index contributed by atoms with van der Waals surface area (Å²) in [4.78, 5) is 2.77. The van der Waals surface area contributed by atoms with Gasteiger partial charge in [-0.15, -0.1) is 12.4 Å². The lowest BCUT2D eigenvalue weighted by Crippen LogP contribution is -2.32. The predicted octanol–water partition coefficient (Wildman–Crippen LogP) is 6.40. The lowest BCUT2D eigenvalue weighted by atomic mass is 10.1. The second-order valence-electron chi connectivity index (χ2n) is 8.71. The van der Waals surface area contributed by atoms with Crippen molar-refractivity contribution in [2.24, 2.45) is 0 Å². The average molecular weight is 530 g/mol. The van der Waals surface area contributed by atoms with Gasteiger partial charge >= 0.3 is 0 Å². The topological polar surface area (TPSA) is 49.9 Å². The van der Waals surface area contributed by atoms with Crippen LogP contribution < -0.4 is 4.74 Å². The Labute approximate surface area is 216 Å². The van der Waals surface area contributed by atoms with E-state index in [1.165, 1.54) is 32.4 Å². The van der Waals surface area contributed by atoms with Crippen LogP contribution in [0.25, 0.3) is 0 Å². The van der Waals surface area contributed by atoms with Crippen molar-refractivity contribution in [1.29, 1.82) is 0 Å². The van der Waals surface area contributed by atoms with E-state index >= 15 is 0 Å². The molecule has 2 aromatic rings. The molecule has 1 aliphatic heterocycles. The molecule has 0 saturated carbocycles. The third kappa shape index (κ3) is 8.72. The summed E-state index contributed by atoms with van der Waals surface area (Å²) >= 11 is 5.98. The normalized spacial score (nSPS) is 14.7. The third-order valence-electron chi connectivity index (χ3n) is 6.11. The SMILES string of the molecule is CCCCCN(Cc1ccccc1OCCCN1CCCCC1)S(=O)(=O)c1ccc(Cl)cc1.Cl. The molecular formula is C26H38Cl2N2O3S. The van der Waals surface area contributed by atoms with E-state index in [0.29, 0.717) is 18.2 Å². The molecule has 0 unspecified atom stereocenters. The van der Waals surface area contributed by atoms with Crippen molar-refractivity contribution in [3.05, 3.63) is 59.1 Å². The Kier molecular flexibility index (Phi) is 12.7. The Morgan fingerprint density at radius 2 is 1.68 bits per heavy atom. The number of hydrogen-bond donors (Lipinski definition) is 0. The Hall–Kier alpha value is -1.31. The van der Waals surface area contributed by atoms with Gasteiger partial charge < -0.3 is 9.64 Å².